The second-order valence-corrected chi connectivity index (χ2v) is 7.34. The van der Waals surface area contributed by atoms with Gasteiger partial charge in [0.1, 0.15) is 5.69 Å². The van der Waals surface area contributed by atoms with E-state index in [0.29, 0.717) is 30.0 Å². The average molecular weight is 268 g/mol. The van der Waals surface area contributed by atoms with Crippen molar-refractivity contribution >= 4 is 16.1 Å². The van der Waals surface area contributed by atoms with Crippen molar-refractivity contribution in [3.63, 3.8) is 0 Å². The molecule has 0 radical (unpaired) electrons. The molecule has 2 aliphatic rings. The zero-order valence-electron chi connectivity index (χ0n) is 10.1. The van der Waals surface area contributed by atoms with Gasteiger partial charge in [-0.2, -0.15) is 5.10 Å². The fourth-order valence-electron chi connectivity index (χ4n) is 3.04. The molecule has 5 nitrogen and oxygen atoms in total. The van der Waals surface area contributed by atoms with Crippen LogP contribution < -0.4 is 0 Å². The number of aromatic nitrogens is 2. The summed E-state index contributed by atoms with van der Waals surface area (Å²) in [6, 6.07) is 0.355. The normalized spacial score (nSPS) is 22.9. The number of nitrogens with zero attached hydrogens (tertiary/aromatic N) is 2. The van der Waals surface area contributed by atoms with E-state index in [-0.39, 0.29) is 11.5 Å². The fraction of sp³-hybridized carbons (Fsp3) is 0.667. The van der Waals surface area contributed by atoms with E-state index in [1.807, 2.05) is 4.68 Å². The molecule has 1 aromatic heterocycles. The van der Waals surface area contributed by atoms with Gasteiger partial charge in [0, 0.05) is 17.7 Å². The van der Waals surface area contributed by atoms with Gasteiger partial charge in [0.25, 0.3) is 0 Å². The molecule has 1 saturated carbocycles. The van der Waals surface area contributed by atoms with Crippen LogP contribution >= 0.6 is 0 Å². The van der Waals surface area contributed by atoms with Crippen molar-refractivity contribution in [1.29, 1.82) is 0 Å². The number of carbonyl (C=O) groups excluding carboxylic acids is 1. The molecule has 1 fully saturated rings. The number of aldehydes is 1. The van der Waals surface area contributed by atoms with Gasteiger partial charge in [-0.05, 0) is 12.8 Å². The van der Waals surface area contributed by atoms with Gasteiger partial charge in [-0.3, -0.25) is 9.48 Å². The minimum absolute atomic E-state index is 0.0247. The molecule has 0 spiro atoms. The first-order chi connectivity index (χ1) is 8.61. The molecule has 0 unspecified atom stereocenters. The van der Waals surface area contributed by atoms with Crippen molar-refractivity contribution in [2.75, 3.05) is 5.75 Å². The second kappa shape index (κ2) is 4.19. The monoisotopic (exact) mass is 268 g/mol. The van der Waals surface area contributed by atoms with Crippen LogP contribution in [0.25, 0.3) is 0 Å². The maximum absolute atomic E-state index is 11.7. The van der Waals surface area contributed by atoms with E-state index in [1.54, 1.807) is 0 Å². The minimum atomic E-state index is -3.05. The molecule has 3 rings (SSSR count). The highest BCUT2D eigenvalue weighted by Crippen LogP contribution is 2.33. The largest absolute Gasteiger partial charge is 0.296 e. The Morgan fingerprint density at radius 3 is 2.67 bits per heavy atom. The molecule has 0 aromatic carbocycles. The Hall–Kier alpha value is -1.17. The van der Waals surface area contributed by atoms with Gasteiger partial charge >= 0.3 is 0 Å². The predicted molar refractivity (Wildman–Crippen MR) is 66.3 cm³/mol. The summed E-state index contributed by atoms with van der Waals surface area (Å²) in [7, 11) is -3.05. The van der Waals surface area contributed by atoms with E-state index >= 15 is 0 Å². The van der Waals surface area contributed by atoms with Crippen molar-refractivity contribution in [2.24, 2.45) is 0 Å². The Bertz CT molecular complexity index is 583. The summed E-state index contributed by atoms with van der Waals surface area (Å²) in [5, 5.41) is 4.34. The smallest absolute Gasteiger partial charge is 0.170 e. The Morgan fingerprint density at radius 2 is 2.00 bits per heavy atom. The van der Waals surface area contributed by atoms with Crippen LogP contribution in [0.1, 0.15) is 53.5 Å². The zero-order chi connectivity index (χ0) is 12.8. The zero-order valence-corrected chi connectivity index (χ0v) is 10.9. The summed E-state index contributed by atoms with van der Waals surface area (Å²) in [4.78, 5) is 11.0. The summed E-state index contributed by atoms with van der Waals surface area (Å²) in [6.45, 7) is 0. The van der Waals surface area contributed by atoms with Crippen molar-refractivity contribution in [1.82, 2.24) is 9.78 Å². The highest BCUT2D eigenvalue weighted by atomic mass is 32.2. The quantitative estimate of drug-likeness (QED) is 0.758. The lowest BCUT2D eigenvalue weighted by molar-refractivity contribution is 0.111. The van der Waals surface area contributed by atoms with Crippen LogP contribution in [0.3, 0.4) is 0 Å². The lowest BCUT2D eigenvalue weighted by Crippen LogP contribution is -2.22. The molecule has 0 saturated heterocycles. The van der Waals surface area contributed by atoms with Gasteiger partial charge in [0.05, 0.1) is 17.5 Å². The van der Waals surface area contributed by atoms with Crippen molar-refractivity contribution in [3.8, 4) is 0 Å². The van der Waals surface area contributed by atoms with Gasteiger partial charge in [-0.15, -0.1) is 0 Å². The number of rotatable bonds is 2. The molecule has 98 valence electrons. The Kier molecular flexibility index (Phi) is 2.77. The molecule has 0 N–H and O–H groups in total. The van der Waals surface area contributed by atoms with E-state index in [1.165, 1.54) is 12.8 Å². The van der Waals surface area contributed by atoms with Gasteiger partial charge in [0.15, 0.2) is 16.1 Å². The van der Waals surface area contributed by atoms with E-state index < -0.39 is 9.84 Å². The molecule has 2 heterocycles. The highest BCUT2D eigenvalue weighted by Gasteiger charge is 2.31. The van der Waals surface area contributed by atoms with Crippen LogP contribution in [0.4, 0.5) is 0 Å². The third-order valence-electron chi connectivity index (χ3n) is 3.95. The Labute approximate surface area is 106 Å². The van der Waals surface area contributed by atoms with Crippen LogP contribution in [0, 0.1) is 0 Å². The Balaban J connectivity index is 2.07. The first-order valence-electron chi connectivity index (χ1n) is 6.36. The standard InChI is InChI=1S/C12H16N2O3S/c15-7-11-10-8-18(16,17)6-5-12(10)14(13-11)9-3-1-2-4-9/h7,9H,1-6,8H2. The first-order valence-corrected chi connectivity index (χ1v) is 8.19. The van der Waals surface area contributed by atoms with E-state index in [2.05, 4.69) is 5.10 Å². The minimum Gasteiger partial charge on any atom is -0.296 e. The van der Waals surface area contributed by atoms with Crippen molar-refractivity contribution in [2.45, 2.75) is 43.9 Å². The van der Waals surface area contributed by atoms with Gasteiger partial charge in [-0.25, -0.2) is 8.42 Å². The molecule has 0 atom stereocenters. The molecular weight excluding hydrogens is 252 g/mol. The summed E-state index contributed by atoms with van der Waals surface area (Å²) in [5.74, 6) is 0.153. The van der Waals surface area contributed by atoms with Gasteiger partial charge < -0.3 is 0 Å². The number of hydrogen-bond acceptors (Lipinski definition) is 4. The summed E-state index contributed by atoms with van der Waals surface area (Å²) >= 11 is 0. The van der Waals surface area contributed by atoms with Crippen LogP contribution in [-0.4, -0.2) is 30.2 Å². The van der Waals surface area contributed by atoms with Crippen molar-refractivity contribution in [3.05, 3.63) is 17.0 Å². The van der Waals surface area contributed by atoms with Gasteiger partial charge in [-0.1, -0.05) is 12.8 Å². The lowest BCUT2D eigenvalue weighted by atomic mass is 10.1. The molecule has 18 heavy (non-hydrogen) atoms. The molecule has 0 bridgehead atoms. The van der Waals surface area contributed by atoms with Crippen LogP contribution in [-0.2, 0) is 22.0 Å². The third kappa shape index (κ3) is 1.88. The van der Waals surface area contributed by atoms with Crippen LogP contribution in [0.5, 0.6) is 0 Å². The molecule has 1 aliphatic heterocycles. The lowest BCUT2D eigenvalue weighted by Gasteiger charge is -2.18. The molecule has 1 aliphatic carbocycles. The summed E-state index contributed by atoms with van der Waals surface area (Å²) < 4.78 is 25.2. The average Bonchev–Trinajstić information content (AvgIpc) is 2.93. The van der Waals surface area contributed by atoms with Gasteiger partial charge in [0.2, 0.25) is 0 Å². The highest BCUT2D eigenvalue weighted by molar-refractivity contribution is 7.90. The number of sulfone groups is 1. The van der Waals surface area contributed by atoms with Crippen molar-refractivity contribution < 1.29 is 13.2 Å². The predicted octanol–water partition coefficient (Wildman–Crippen LogP) is 1.28. The van der Waals surface area contributed by atoms with Crippen LogP contribution in [0.2, 0.25) is 0 Å². The molecule has 6 heteroatoms. The van der Waals surface area contributed by atoms with E-state index in [9.17, 15) is 13.2 Å². The second-order valence-electron chi connectivity index (χ2n) is 5.15. The number of hydrogen-bond donors (Lipinski definition) is 0. The SMILES string of the molecule is O=Cc1nn(C2CCCC2)c2c1CS(=O)(=O)CC2. The fourth-order valence-corrected chi connectivity index (χ4v) is 4.44. The molecule has 1 aromatic rings. The maximum Gasteiger partial charge on any atom is 0.170 e. The van der Waals surface area contributed by atoms with E-state index in [4.69, 9.17) is 0 Å². The molecule has 0 amide bonds. The Morgan fingerprint density at radius 1 is 1.28 bits per heavy atom. The molecular formula is C12H16N2O3S. The third-order valence-corrected chi connectivity index (χ3v) is 5.50. The van der Waals surface area contributed by atoms with E-state index in [0.717, 1.165) is 18.5 Å². The maximum atomic E-state index is 11.7. The summed E-state index contributed by atoms with van der Waals surface area (Å²) in [6.07, 6.45) is 5.72. The number of fused-ring (bicyclic) bond motifs is 1. The summed E-state index contributed by atoms with van der Waals surface area (Å²) in [5.41, 5.74) is 1.93. The topological polar surface area (TPSA) is 69.0 Å². The van der Waals surface area contributed by atoms with Crippen LogP contribution in [0.15, 0.2) is 0 Å². The first kappa shape index (κ1) is 11.9. The number of carbonyl (C=O) groups is 1.